The molecule has 8 heteroatoms. The van der Waals surface area contributed by atoms with Gasteiger partial charge in [0.05, 0.1) is 23.2 Å². The van der Waals surface area contributed by atoms with Crippen molar-refractivity contribution < 1.29 is 28.7 Å². The maximum Gasteiger partial charge on any atom is 0.337 e. The molecule has 160 valence electrons. The molecule has 0 N–H and O–H groups in total. The normalized spacial score (nSPS) is 13.4. The fourth-order valence-electron chi connectivity index (χ4n) is 3.12. The van der Waals surface area contributed by atoms with E-state index in [1.165, 1.54) is 19.2 Å². The van der Waals surface area contributed by atoms with Gasteiger partial charge in [0.25, 0.3) is 5.69 Å². The maximum atomic E-state index is 12.6. The summed E-state index contributed by atoms with van der Waals surface area (Å²) in [5.41, 5.74) is 2.31. The van der Waals surface area contributed by atoms with Crippen LogP contribution in [-0.4, -0.2) is 23.8 Å². The molecule has 1 aliphatic rings. The van der Waals surface area contributed by atoms with E-state index in [-0.39, 0.29) is 23.8 Å². The molecular formula is C24H17NO7. The molecule has 0 fully saturated rings. The van der Waals surface area contributed by atoms with Crippen LogP contribution in [0.2, 0.25) is 0 Å². The van der Waals surface area contributed by atoms with Crippen molar-refractivity contribution in [3.63, 3.8) is 0 Å². The third-order valence-electron chi connectivity index (χ3n) is 4.82. The molecule has 0 aliphatic carbocycles. The average Bonchev–Trinajstić information content (AvgIpc) is 3.12. The first-order valence-electron chi connectivity index (χ1n) is 9.57. The fraction of sp³-hybridized carbons (Fsp3) is 0.0833. The largest absolute Gasteiger partial charge is 0.489 e. The highest BCUT2D eigenvalue weighted by atomic mass is 16.6. The van der Waals surface area contributed by atoms with Crippen LogP contribution >= 0.6 is 0 Å². The molecule has 1 aliphatic heterocycles. The molecule has 0 atom stereocenters. The summed E-state index contributed by atoms with van der Waals surface area (Å²) in [6, 6.07) is 17.6. The number of hydrogen-bond donors (Lipinski definition) is 0. The first kappa shape index (κ1) is 20.8. The van der Waals surface area contributed by atoms with Crippen molar-refractivity contribution in [2.75, 3.05) is 7.11 Å². The number of esters is 1. The summed E-state index contributed by atoms with van der Waals surface area (Å²) in [5, 5.41) is 10.7. The SMILES string of the molecule is COC(=O)c1ccc(/C=C2\Oc3cc(OCc4ccc([N+](=O)[O-])cc4)ccc3C2=O)cc1. The first-order chi connectivity index (χ1) is 15.4. The molecule has 0 saturated carbocycles. The number of ketones is 1. The number of fused-ring (bicyclic) bond motifs is 1. The predicted octanol–water partition coefficient (Wildman–Crippen LogP) is 4.58. The third kappa shape index (κ3) is 4.34. The van der Waals surface area contributed by atoms with E-state index < -0.39 is 10.9 Å². The molecule has 0 radical (unpaired) electrons. The van der Waals surface area contributed by atoms with Crippen LogP contribution in [0.1, 0.15) is 31.8 Å². The van der Waals surface area contributed by atoms with Gasteiger partial charge in [0.1, 0.15) is 18.1 Å². The Kier molecular flexibility index (Phi) is 5.67. The molecule has 3 aromatic rings. The van der Waals surface area contributed by atoms with Gasteiger partial charge < -0.3 is 14.2 Å². The van der Waals surface area contributed by atoms with E-state index in [0.29, 0.717) is 28.2 Å². The molecule has 0 saturated heterocycles. The number of ether oxygens (including phenoxy) is 3. The lowest BCUT2D eigenvalue weighted by Gasteiger charge is -2.07. The number of carbonyl (C=O) groups is 2. The summed E-state index contributed by atoms with van der Waals surface area (Å²) < 4.78 is 16.1. The zero-order valence-electron chi connectivity index (χ0n) is 16.9. The number of rotatable bonds is 6. The Labute approximate surface area is 182 Å². The van der Waals surface area contributed by atoms with Crippen LogP contribution in [0, 0.1) is 10.1 Å². The number of non-ortho nitro benzene ring substituents is 1. The monoisotopic (exact) mass is 431 g/mol. The van der Waals surface area contributed by atoms with Crippen LogP contribution in [0.25, 0.3) is 6.08 Å². The highest BCUT2D eigenvalue weighted by Crippen LogP contribution is 2.35. The van der Waals surface area contributed by atoms with Crippen molar-refractivity contribution in [1.29, 1.82) is 0 Å². The van der Waals surface area contributed by atoms with Crippen LogP contribution in [0.4, 0.5) is 5.69 Å². The third-order valence-corrected chi connectivity index (χ3v) is 4.82. The van der Waals surface area contributed by atoms with Crippen LogP contribution in [-0.2, 0) is 11.3 Å². The van der Waals surface area contributed by atoms with E-state index >= 15 is 0 Å². The van der Waals surface area contributed by atoms with Crippen LogP contribution in [0.15, 0.2) is 72.5 Å². The van der Waals surface area contributed by atoms with Gasteiger partial charge in [-0.25, -0.2) is 4.79 Å². The van der Waals surface area contributed by atoms with Gasteiger partial charge in [-0.3, -0.25) is 14.9 Å². The Morgan fingerprint density at radius 3 is 2.44 bits per heavy atom. The lowest BCUT2D eigenvalue weighted by atomic mass is 10.1. The van der Waals surface area contributed by atoms with Gasteiger partial charge in [0, 0.05) is 18.2 Å². The molecule has 1 heterocycles. The quantitative estimate of drug-likeness (QED) is 0.243. The Bertz CT molecular complexity index is 1230. The molecule has 0 unspecified atom stereocenters. The number of methoxy groups -OCH3 is 1. The topological polar surface area (TPSA) is 105 Å². The van der Waals surface area contributed by atoms with E-state index in [9.17, 15) is 19.7 Å². The average molecular weight is 431 g/mol. The van der Waals surface area contributed by atoms with Gasteiger partial charge >= 0.3 is 5.97 Å². The van der Waals surface area contributed by atoms with E-state index in [4.69, 9.17) is 9.47 Å². The number of nitro benzene ring substituents is 1. The lowest BCUT2D eigenvalue weighted by Crippen LogP contribution is -2.01. The Morgan fingerprint density at radius 2 is 1.78 bits per heavy atom. The highest BCUT2D eigenvalue weighted by Gasteiger charge is 2.27. The second-order valence-electron chi connectivity index (χ2n) is 6.92. The molecule has 0 spiro atoms. The van der Waals surface area contributed by atoms with Crippen molar-refractivity contribution in [1.82, 2.24) is 0 Å². The summed E-state index contributed by atoms with van der Waals surface area (Å²) in [5.74, 6) is 0.357. The second kappa shape index (κ2) is 8.73. The Balaban J connectivity index is 1.45. The number of nitrogens with zero attached hydrogens (tertiary/aromatic N) is 1. The van der Waals surface area contributed by atoms with Gasteiger partial charge in [-0.05, 0) is 53.6 Å². The standard InChI is InChI=1S/C24H17NO7/c1-30-24(27)17-6-2-15(3-7-17)12-22-23(26)20-11-10-19(13-21(20)32-22)31-14-16-4-8-18(9-5-16)25(28)29/h2-13H,14H2,1H3/b22-12-. The van der Waals surface area contributed by atoms with Gasteiger partial charge in [-0.1, -0.05) is 12.1 Å². The summed E-state index contributed by atoms with van der Waals surface area (Å²) in [4.78, 5) is 34.4. The summed E-state index contributed by atoms with van der Waals surface area (Å²) >= 11 is 0. The van der Waals surface area contributed by atoms with Crippen molar-refractivity contribution in [3.05, 3.63) is 105 Å². The molecule has 4 rings (SSSR count). The molecule has 0 bridgehead atoms. The smallest absolute Gasteiger partial charge is 0.337 e. The van der Waals surface area contributed by atoms with Gasteiger partial charge in [0.15, 0.2) is 5.76 Å². The minimum atomic E-state index is -0.460. The summed E-state index contributed by atoms with van der Waals surface area (Å²) in [6.45, 7) is 0.208. The van der Waals surface area contributed by atoms with Crippen molar-refractivity contribution in [3.8, 4) is 11.5 Å². The second-order valence-corrected chi connectivity index (χ2v) is 6.92. The van der Waals surface area contributed by atoms with Gasteiger partial charge in [-0.15, -0.1) is 0 Å². The van der Waals surface area contributed by atoms with Gasteiger partial charge in [-0.2, -0.15) is 0 Å². The van der Waals surface area contributed by atoms with Gasteiger partial charge in [0.2, 0.25) is 5.78 Å². The molecule has 0 amide bonds. The van der Waals surface area contributed by atoms with Crippen LogP contribution in [0.5, 0.6) is 11.5 Å². The number of benzene rings is 3. The van der Waals surface area contributed by atoms with E-state index in [1.807, 2.05) is 0 Å². The maximum absolute atomic E-state index is 12.6. The highest BCUT2D eigenvalue weighted by molar-refractivity contribution is 6.14. The van der Waals surface area contributed by atoms with E-state index in [1.54, 1.807) is 60.7 Å². The van der Waals surface area contributed by atoms with Crippen molar-refractivity contribution in [2.24, 2.45) is 0 Å². The minimum absolute atomic E-state index is 0.0115. The Morgan fingerprint density at radius 1 is 1.06 bits per heavy atom. The lowest BCUT2D eigenvalue weighted by molar-refractivity contribution is -0.384. The number of allylic oxidation sites excluding steroid dienone is 1. The molecule has 32 heavy (non-hydrogen) atoms. The first-order valence-corrected chi connectivity index (χ1v) is 9.57. The zero-order chi connectivity index (χ0) is 22.7. The zero-order valence-corrected chi connectivity index (χ0v) is 16.9. The number of carbonyl (C=O) groups excluding carboxylic acids is 2. The molecular weight excluding hydrogens is 414 g/mol. The Hall–Kier alpha value is -4.46. The van der Waals surface area contributed by atoms with Crippen LogP contribution in [0.3, 0.4) is 0 Å². The van der Waals surface area contributed by atoms with Crippen molar-refractivity contribution >= 4 is 23.5 Å². The van der Waals surface area contributed by atoms with Crippen LogP contribution < -0.4 is 9.47 Å². The van der Waals surface area contributed by atoms with E-state index in [2.05, 4.69) is 4.74 Å². The van der Waals surface area contributed by atoms with Crippen molar-refractivity contribution in [2.45, 2.75) is 6.61 Å². The number of Topliss-reactive ketones (excluding diaryl/α,β-unsaturated/α-hetero) is 1. The fourth-order valence-corrected chi connectivity index (χ4v) is 3.12. The molecule has 8 nitrogen and oxygen atoms in total. The molecule has 3 aromatic carbocycles. The number of nitro groups is 1. The minimum Gasteiger partial charge on any atom is -0.489 e. The summed E-state index contributed by atoms with van der Waals surface area (Å²) in [6.07, 6.45) is 1.60. The van der Waals surface area contributed by atoms with E-state index in [0.717, 1.165) is 5.56 Å². The number of hydrogen-bond acceptors (Lipinski definition) is 7. The predicted molar refractivity (Wildman–Crippen MR) is 115 cm³/mol. The summed E-state index contributed by atoms with van der Waals surface area (Å²) in [7, 11) is 1.31. The molecule has 0 aromatic heterocycles.